The zero-order valence-corrected chi connectivity index (χ0v) is 68.3. The number of aromatic carboxylic acids is 1. The van der Waals surface area contributed by atoms with Crippen molar-refractivity contribution < 1.29 is 37.5 Å². The quantitative estimate of drug-likeness (QED) is 0.0963. The van der Waals surface area contributed by atoms with E-state index in [1.54, 1.807) is 11.0 Å². The number of fused-ring (bicyclic) bond motifs is 2. The molecule has 6 aromatic carbocycles. The number of carbonyl (C=O) groups excluding carboxylic acids is 3. The Hall–Kier alpha value is -3.64. The number of carboxylic acids is 1. The number of carbonyl (C=O) groups is 4. The molecule has 2 aliphatic heterocycles. The normalized spacial score (nSPS) is 13.6. The maximum Gasteiger partial charge on any atom is 0.336 e. The van der Waals surface area contributed by atoms with Gasteiger partial charge in [0, 0.05) is 115 Å². The van der Waals surface area contributed by atoms with E-state index >= 15 is 0 Å². The van der Waals surface area contributed by atoms with Crippen LogP contribution in [0.2, 0.25) is 0 Å². The fourth-order valence-corrected chi connectivity index (χ4v) is 10.3. The second-order valence-electron chi connectivity index (χ2n) is 19.6. The Morgan fingerprint density at radius 3 is 1.21 bits per heavy atom. The van der Waals surface area contributed by atoms with E-state index in [2.05, 4.69) is 116 Å². The molecule has 17 heteroatoms. The molecule has 4 heterocycles. The molecule has 4 aliphatic rings. The summed E-state index contributed by atoms with van der Waals surface area (Å²) in [5.41, 5.74) is 15.3. The molecule has 2 saturated heterocycles. The number of hydrogen-bond donors (Lipinski definition) is 3. The average Bonchev–Trinajstić information content (AvgIpc) is 1.79. The van der Waals surface area contributed by atoms with E-state index in [1.165, 1.54) is 18.4 Å². The van der Waals surface area contributed by atoms with Crippen molar-refractivity contribution >= 4 is 144 Å². The molecule has 0 spiro atoms. The van der Waals surface area contributed by atoms with Gasteiger partial charge in [-0.3, -0.25) is 14.4 Å². The number of halogens is 6. The van der Waals surface area contributed by atoms with Crippen LogP contribution in [0.5, 0.6) is 0 Å². The number of hydrogen-bond acceptors (Lipinski definition) is 7. The number of rotatable bonds is 13. The Bertz CT molecular complexity index is 3310. The number of nitrogens with one attached hydrogen (secondary N) is 1. The van der Waals surface area contributed by atoms with Crippen molar-refractivity contribution in [1.29, 1.82) is 0 Å². The van der Waals surface area contributed by atoms with E-state index in [1.807, 2.05) is 215 Å². The summed E-state index contributed by atoms with van der Waals surface area (Å²) in [5.74, 6) is 0.303. The first kappa shape index (κ1) is 85.4. The van der Waals surface area contributed by atoms with Crippen molar-refractivity contribution in [2.24, 2.45) is 17.6 Å². The van der Waals surface area contributed by atoms with Gasteiger partial charge in [-0.15, -0.1) is 24.0 Å². The van der Waals surface area contributed by atoms with Gasteiger partial charge in [0.25, 0.3) is 5.91 Å². The second-order valence-corrected chi connectivity index (χ2v) is 35.8. The van der Waals surface area contributed by atoms with Crippen LogP contribution in [0.4, 0.5) is 0 Å². The molecule has 2 unspecified atom stereocenters. The molecule has 0 bridgehead atoms. The predicted octanol–water partition coefficient (Wildman–Crippen LogP) is 19.0. The minimum absolute atomic E-state index is 0. The molecule has 0 radical (unpaired) electrons. The zero-order chi connectivity index (χ0) is 67.0. The Balaban J connectivity index is 0.000000657. The SMILES string of the molecule is CC.CC.CC.CC.CC.CC.I.II.I[I-]I.NC(c1ccccc1)C1CC1.O=C(NC(c1ccccc1)C1CC1)c1c(CN2CCCC2=O)c(-c2ccccc2)nc2ccccc12.O=C(O)c1c(CN2CCCC2=O)c(-c2ccccc2)nc2ccccc12. The Morgan fingerprint density at radius 1 is 0.527 bits per heavy atom. The Kier molecular flexibility index (Phi) is 46.8. The summed E-state index contributed by atoms with van der Waals surface area (Å²) in [5, 5.41) is 14.7. The summed E-state index contributed by atoms with van der Waals surface area (Å²) in [6, 6.07) is 55.4. The van der Waals surface area contributed by atoms with Crippen molar-refractivity contribution in [2.75, 3.05) is 13.1 Å². The molecular weight excluding hydrogens is 1810 g/mol. The average molecular weight is 1910 g/mol. The van der Waals surface area contributed by atoms with Gasteiger partial charge in [-0.2, -0.15) is 0 Å². The van der Waals surface area contributed by atoms with Gasteiger partial charge in [-0.1, -0.05) is 241 Å². The molecule has 11 nitrogen and oxygen atoms in total. The van der Waals surface area contributed by atoms with Crippen LogP contribution in [-0.4, -0.2) is 61.7 Å². The van der Waals surface area contributed by atoms with Gasteiger partial charge in [0.2, 0.25) is 11.8 Å². The maximum atomic E-state index is 14.2. The van der Waals surface area contributed by atoms with Gasteiger partial charge in [-0.25, -0.2) is 14.8 Å². The fraction of sp³-hybridized carbons (Fsp3) is 0.378. The van der Waals surface area contributed by atoms with Crippen LogP contribution < -0.4 is 24.3 Å². The zero-order valence-electron chi connectivity index (χ0n) is 55.2. The van der Waals surface area contributed by atoms with Crippen molar-refractivity contribution in [1.82, 2.24) is 25.1 Å². The van der Waals surface area contributed by atoms with E-state index in [9.17, 15) is 24.3 Å². The van der Waals surface area contributed by atoms with Crippen molar-refractivity contribution in [3.63, 3.8) is 0 Å². The predicted molar refractivity (Wildman–Crippen MR) is 426 cm³/mol. The smallest absolute Gasteiger partial charge is 0.336 e. The molecule has 91 heavy (non-hydrogen) atoms. The van der Waals surface area contributed by atoms with Crippen molar-refractivity contribution in [3.8, 4) is 22.5 Å². The summed E-state index contributed by atoms with van der Waals surface area (Å²) in [6.07, 6.45) is 7.59. The Labute approximate surface area is 615 Å². The molecule has 4 N–H and O–H groups in total. The van der Waals surface area contributed by atoms with Gasteiger partial charge < -0.3 is 26.0 Å². The molecule has 4 fully saturated rings. The minimum Gasteiger partial charge on any atom is -0.478 e. The molecule has 8 aromatic rings. The summed E-state index contributed by atoms with van der Waals surface area (Å²) >= 11 is 9.54. The van der Waals surface area contributed by atoms with Gasteiger partial charge in [0.15, 0.2) is 0 Å². The molecule has 2 saturated carbocycles. The number of carboxylic acid groups (broad SMARTS) is 1. The van der Waals surface area contributed by atoms with Crippen LogP contribution in [0.3, 0.4) is 0 Å². The molecule has 3 amide bonds. The van der Waals surface area contributed by atoms with E-state index in [0.717, 1.165) is 70.5 Å². The number of para-hydroxylation sites is 2. The van der Waals surface area contributed by atoms with E-state index in [-0.39, 0.29) is 65.9 Å². The maximum absolute atomic E-state index is 14.2. The van der Waals surface area contributed by atoms with Crippen molar-refractivity contribution in [3.05, 3.63) is 203 Å². The van der Waals surface area contributed by atoms with Gasteiger partial charge in [0.1, 0.15) is 0 Å². The van der Waals surface area contributed by atoms with Gasteiger partial charge in [0.05, 0.1) is 39.6 Å². The molecule has 12 rings (SSSR count). The standard InChI is InChI=1S/C31H29N3O2.C21H18N2O3.C10H13N.6C2H6.I3.I2.HI/c35-27-16-9-19-34(27)20-25-28(31(36)33-29(23-17-18-23)21-10-3-1-4-11-21)24-14-7-8-15-26(24)32-30(25)22-12-5-2-6-13-22;24-18-11-6-12-23(18)13-16-19(21(25)26)15-9-4-5-10-17(15)22-20(16)14-7-2-1-3-8-14;11-10(9-6-7-9)8-4-2-1-3-5-8;6*1-2;1-3-2;1-2;/h1-8,10-15,23,29H,9,16-20H2,(H,33,36);1-5,7-10H,6,11-13H2,(H,25,26);1-5,9-10H,6-7,11H2;6*1-2H3;;;1H/q;;;;;;;;;-1;;. The second kappa shape index (κ2) is 49.8. The number of likely N-dealkylation sites (tertiary alicyclic amines) is 2. The number of benzene rings is 6. The van der Waals surface area contributed by atoms with Crippen LogP contribution >= 0.6 is 98.4 Å². The third kappa shape index (κ3) is 26.5. The molecular formula is C74H97I6N6O5-. The topological polar surface area (TPSA) is 159 Å². The van der Waals surface area contributed by atoms with Crippen LogP contribution in [0, 0.1) is 11.8 Å². The fourth-order valence-electron chi connectivity index (χ4n) is 10.3. The molecule has 2 aromatic heterocycles. The van der Waals surface area contributed by atoms with Gasteiger partial charge >= 0.3 is 56.5 Å². The number of aromatic nitrogens is 2. The number of nitrogens with two attached hydrogens (primary N) is 1. The third-order valence-electron chi connectivity index (χ3n) is 14.4. The first-order chi connectivity index (χ1) is 44.1. The summed E-state index contributed by atoms with van der Waals surface area (Å²) in [6.45, 7) is 26.0. The first-order valence-electron chi connectivity index (χ1n) is 32.0. The van der Waals surface area contributed by atoms with Crippen LogP contribution in [0.25, 0.3) is 44.3 Å². The monoisotopic (exact) mass is 1910 g/mol. The molecule has 496 valence electrons. The summed E-state index contributed by atoms with van der Waals surface area (Å²) < 4.78 is 0. The van der Waals surface area contributed by atoms with E-state index in [0.29, 0.717) is 79.4 Å². The summed E-state index contributed by atoms with van der Waals surface area (Å²) in [7, 11) is 0. The van der Waals surface area contributed by atoms with Crippen LogP contribution in [0.1, 0.15) is 190 Å². The van der Waals surface area contributed by atoms with Gasteiger partial charge in [-0.05, 0) is 73.6 Å². The van der Waals surface area contributed by atoms with Crippen LogP contribution in [0.15, 0.2) is 170 Å². The first-order valence-corrected chi connectivity index (χ1v) is 50.9. The van der Waals surface area contributed by atoms with E-state index < -0.39 is 5.97 Å². The summed E-state index contributed by atoms with van der Waals surface area (Å²) in [4.78, 5) is 64.5. The molecule has 2 atom stereocenters. The van der Waals surface area contributed by atoms with E-state index in [4.69, 9.17) is 15.7 Å². The largest absolute Gasteiger partial charge is 0.478 e. The van der Waals surface area contributed by atoms with Crippen LogP contribution in [-0.2, 0) is 22.7 Å². The third-order valence-corrected chi connectivity index (χ3v) is 14.4. The van der Waals surface area contributed by atoms with Crippen molar-refractivity contribution in [2.45, 2.75) is 160 Å². The number of nitrogens with zero attached hydrogens (tertiary/aromatic N) is 4. The number of amides is 3. The minimum atomic E-state index is -0.998. The molecule has 2 aliphatic carbocycles. The number of pyridine rings is 2. The Morgan fingerprint density at radius 2 is 0.857 bits per heavy atom.